The number of rotatable bonds is 3. The zero-order valence-electron chi connectivity index (χ0n) is 16.7. The number of pyridine rings is 1. The van der Waals surface area contributed by atoms with Crippen LogP contribution in [-0.2, 0) is 9.59 Å². The number of carbonyl (C=O) groups is 3. The van der Waals surface area contributed by atoms with E-state index in [2.05, 4.69) is 4.98 Å². The van der Waals surface area contributed by atoms with Crippen LogP contribution in [0.2, 0.25) is 0 Å². The molecule has 1 aliphatic heterocycles. The third kappa shape index (κ3) is 2.71. The van der Waals surface area contributed by atoms with Crippen LogP contribution in [0.3, 0.4) is 0 Å². The Bertz CT molecular complexity index is 1200. The van der Waals surface area contributed by atoms with Gasteiger partial charge in [-0.1, -0.05) is 18.2 Å². The van der Waals surface area contributed by atoms with Gasteiger partial charge in [0.2, 0.25) is 11.8 Å². The van der Waals surface area contributed by atoms with Gasteiger partial charge in [0, 0.05) is 11.6 Å². The maximum atomic E-state index is 13.0. The molecule has 2 saturated carbocycles. The second kappa shape index (κ2) is 6.74. The topological polar surface area (TPSA) is 76.6 Å². The third-order valence-corrected chi connectivity index (χ3v) is 7.09. The molecule has 3 aromatic rings. The van der Waals surface area contributed by atoms with E-state index in [1.165, 1.54) is 4.90 Å². The van der Waals surface area contributed by atoms with Gasteiger partial charge in [-0.3, -0.25) is 19.5 Å². The van der Waals surface area contributed by atoms with E-state index in [1.807, 2.05) is 24.3 Å². The molecular formula is C25H20N2O4. The number of ether oxygens (including phenoxy) is 1. The van der Waals surface area contributed by atoms with Crippen LogP contribution in [0.1, 0.15) is 29.6 Å². The molecule has 2 amide bonds. The van der Waals surface area contributed by atoms with Crippen LogP contribution in [-0.4, -0.2) is 22.8 Å². The van der Waals surface area contributed by atoms with Gasteiger partial charge in [0.1, 0.15) is 5.52 Å². The fourth-order valence-corrected chi connectivity index (χ4v) is 5.73. The number of carbonyl (C=O) groups excluding carboxylic acids is 3. The van der Waals surface area contributed by atoms with Crippen LogP contribution in [0.25, 0.3) is 10.9 Å². The number of hydrogen-bond donors (Lipinski definition) is 0. The van der Waals surface area contributed by atoms with Crippen molar-refractivity contribution in [3.63, 3.8) is 0 Å². The first-order valence-electron chi connectivity index (χ1n) is 10.7. The van der Waals surface area contributed by atoms with Gasteiger partial charge in [0.15, 0.2) is 5.75 Å². The van der Waals surface area contributed by atoms with Gasteiger partial charge in [-0.2, -0.15) is 0 Å². The summed E-state index contributed by atoms with van der Waals surface area (Å²) in [7, 11) is 0. The summed E-state index contributed by atoms with van der Waals surface area (Å²) in [5.74, 6) is 0.0855. The molecule has 154 valence electrons. The number of nitrogens with zero attached hydrogens (tertiary/aromatic N) is 2. The lowest BCUT2D eigenvalue weighted by atomic mass is 9.81. The van der Waals surface area contributed by atoms with E-state index >= 15 is 0 Å². The fraction of sp³-hybridized carbons (Fsp3) is 0.280. The predicted octanol–water partition coefficient (Wildman–Crippen LogP) is 3.99. The first kappa shape index (κ1) is 18.2. The molecule has 6 rings (SSSR count). The minimum absolute atomic E-state index is 0.0839. The largest absolute Gasteiger partial charge is 0.421 e. The number of hydrogen-bond acceptors (Lipinski definition) is 5. The second-order valence-corrected chi connectivity index (χ2v) is 8.66. The molecule has 2 bridgehead atoms. The summed E-state index contributed by atoms with van der Waals surface area (Å²) >= 11 is 0. The molecule has 1 saturated heterocycles. The lowest BCUT2D eigenvalue weighted by Gasteiger charge is -2.19. The van der Waals surface area contributed by atoms with Crippen LogP contribution in [0.5, 0.6) is 5.75 Å². The van der Waals surface area contributed by atoms with Crippen LogP contribution < -0.4 is 9.64 Å². The monoisotopic (exact) mass is 412 g/mol. The molecule has 0 radical (unpaired) electrons. The van der Waals surface area contributed by atoms with Gasteiger partial charge in [-0.15, -0.1) is 0 Å². The normalized spacial score (nSPS) is 26.5. The van der Waals surface area contributed by atoms with Crippen molar-refractivity contribution < 1.29 is 19.1 Å². The molecule has 6 heteroatoms. The maximum Gasteiger partial charge on any atom is 0.343 e. The highest BCUT2D eigenvalue weighted by Gasteiger charge is 2.61. The molecule has 6 nitrogen and oxygen atoms in total. The summed E-state index contributed by atoms with van der Waals surface area (Å²) in [5.41, 5.74) is 1.48. The molecule has 0 unspecified atom stereocenters. The molecule has 1 aromatic heterocycles. The zero-order chi connectivity index (χ0) is 21.1. The Labute approximate surface area is 178 Å². The van der Waals surface area contributed by atoms with E-state index in [1.54, 1.807) is 36.5 Å². The number of aromatic nitrogens is 1. The lowest BCUT2D eigenvalue weighted by molar-refractivity contribution is -0.123. The Morgan fingerprint density at radius 1 is 0.903 bits per heavy atom. The average molecular weight is 412 g/mol. The van der Waals surface area contributed by atoms with Crippen molar-refractivity contribution in [3.8, 4) is 5.75 Å². The van der Waals surface area contributed by atoms with E-state index < -0.39 is 5.97 Å². The number of amides is 2. The van der Waals surface area contributed by atoms with Crippen LogP contribution in [0, 0.1) is 23.7 Å². The average Bonchev–Trinajstić information content (AvgIpc) is 3.48. The van der Waals surface area contributed by atoms with E-state index in [0.717, 1.165) is 24.6 Å². The Balaban J connectivity index is 1.24. The Morgan fingerprint density at radius 2 is 1.58 bits per heavy atom. The number of anilines is 1. The van der Waals surface area contributed by atoms with Gasteiger partial charge in [0.25, 0.3) is 0 Å². The molecule has 0 spiro atoms. The van der Waals surface area contributed by atoms with Crippen molar-refractivity contribution in [1.82, 2.24) is 4.98 Å². The number of benzene rings is 2. The molecule has 3 aliphatic rings. The summed E-state index contributed by atoms with van der Waals surface area (Å²) in [4.78, 5) is 44.3. The van der Waals surface area contributed by atoms with Crippen molar-refractivity contribution in [3.05, 3.63) is 66.4 Å². The number of imide groups is 1. The first-order chi connectivity index (χ1) is 15.1. The van der Waals surface area contributed by atoms with Crippen LogP contribution >= 0.6 is 0 Å². The third-order valence-electron chi connectivity index (χ3n) is 7.09. The lowest BCUT2D eigenvalue weighted by Crippen LogP contribution is -2.32. The highest BCUT2D eigenvalue weighted by molar-refractivity contribution is 6.22. The highest BCUT2D eigenvalue weighted by atomic mass is 16.5. The van der Waals surface area contributed by atoms with Crippen molar-refractivity contribution in [1.29, 1.82) is 0 Å². The summed E-state index contributed by atoms with van der Waals surface area (Å²) < 4.78 is 5.57. The minimum atomic E-state index is -0.515. The Morgan fingerprint density at radius 3 is 2.29 bits per heavy atom. The first-order valence-corrected chi connectivity index (χ1v) is 10.7. The number of fused-ring (bicyclic) bond motifs is 6. The van der Waals surface area contributed by atoms with E-state index in [-0.39, 0.29) is 23.7 Å². The standard InChI is InChI=1S/C25H20N2O4/c28-23-20-16-6-7-17(13-16)21(20)24(29)27(23)18-10-8-15(9-11-18)25(30)31-19-5-1-3-14-4-2-12-26-22(14)19/h1-5,8-12,16-17,20-21H,6-7,13H2/t16-,17+,20-,21-/m0/s1. The molecule has 2 heterocycles. The zero-order valence-corrected chi connectivity index (χ0v) is 16.7. The quantitative estimate of drug-likeness (QED) is 0.369. The second-order valence-electron chi connectivity index (χ2n) is 8.66. The van der Waals surface area contributed by atoms with Gasteiger partial charge in [-0.05, 0) is 67.5 Å². The Kier molecular flexibility index (Phi) is 3.96. The van der Waals surface area contributed by atoms with Crippen LogP contribution in [0.4, 0.5) is 5.69 Å². The van der Waals surface area contributed by atoms with Crippen LogP contribution in [0.15, 0.2) is 60.8 Å². The predicted molar refractivity (Wildman–Crippen MR) is 113 cm³/mol. The molecular weight excluding hydrogens is 392 g/mol. The van der Waals surface area contributed by atoms with Crippen molar-refractivity contribution >= 4 is 34.4 Å². The summed E-state index contributed by atoms with van der Waals surface area (Å²) in [5, 5.41) is 0.883. The van der Waals surface area contributed by atoms with Crippen molar-refractivity contribution in [2.24, 2.45) is 23.7 Å². The highest BCUT2D eigenvalue weighted by Crippen LogP contribution is 2.56. The SMILES string of the molecule is O=C(Oc1cccc2cccnc12)c1ccc(N2C(=O)[C@H]3[C@@H]4CC[C@@H](C4)[C@@H]3C2=O)cc1. The Hall–Kier alpha value is -3.54. The van der Waals surface area contributed by atoms with Gasteiger partial charge in [0.05, 0.1) is 23.1 Å². The maximum absolute atomic E-state index is 13.0. The number of para-hydroxylation sites is 1. The van der Waals surface area contributed by atoms with E-state index in [9.17, 15) is 14.4 Å². The molecule has 4 atom stereocenters. The summed E-state index contributed by atoms with van der Waals surface area (Å²) in [6, 6.07) is 15.6. The van der Waals surface area contributed by atoms with E-state index in [0.29, 0.717) is 34.4 Å². The molecule has 3 fully saturated rings. The summed E-state index contributed by atoms with van der Waals surface area (Å²) in [6.07, 6.45) is 4.76. The summed E-state index contributed by atoms with van der Waals surface area (Å²) in [6.45, 7) is 0. The van der Waals surface area contributed by atoms with Gasteiger partial charge >= 0.3 is 5.97 Å². The molecule has 2 aliphatic carbocycles. The molecule has 31 heavy (non-hydrogen) atoms. The van der Waals surface area contributed by atoms with E-state index in [4.69, 9.17) is 4.74 Å². The molecule has 2 aromatic carbocycles. The number of esters is 1. The smallest absolute Gasteiger partial charge is 0.343 e. The fourth-order valence-electron chi connectivity index (χ4n) is 5.73. The van der Waals surface area contributed by atoms with Crippen molar-refractivity contribution in [2.75, 3.05) is 4.90 Å². The van der Waals surface area contributed by atoms with Gasteiger partial charge < -0.3 is 4.74 Å². The van der Waals surface area contributed by atoms with Gasteiger partial charge in [-0.25, -0.2) is 4.79 Å². The minimum Gasteiger partial charge on any atom is -0.421 e. The van der Waals surface area contributed by atoms with Crippen molar-refractivity contribution in [2.45, 2.75) is 19.3 Å². The molecule has 0 N–H and O–H groups in total.